The van der Waals surface area contributed by atoms with Crippen molar-refractivity contribution in [3.05, 3.63) is 71.3 Å². The predicted octanol–water partition coefficient (Wildman–Crippen LogP) is 2.91. The highest BCUT2D eigenvalue weighted by atomic mass is 16.1. The van der Waals surface area contributed by atoms with E-state index >= 15 is 0 Å². The summed E-state index contributed by atoms with van der Waals surface area (Å²) in [5.74, 6) is 0.0764. The number of anilines is 1. The van der Waals surface area contributed by atoms with Gasteiger partial charge in [0.2, 0.25) is 5.91 Å². The van der Waals surface area contributed by atoms with E-state index in [1.54, 1.807) is 0 Å². The molecule has 0 aromatic heterocycles. The standard InChI is InChI=1S/C22H25N3O/c26-22-20(10-11-23-22)16-19-8-4-5-9-21(19)25-14-12-24(13-15-25)17-18-6-2-1-3-7-18/h1-9,16H,10-15,17H2,(H,23,26)/b20-16+. The Morgan fingerprint density at radius 1 is 0.923 bits per heavy atom. The van der Waals surface area contributed by atoms with Crippen molar-refractivity contribution in [3.8, 4) is 0 Å². The molecule has 0 aliphatic carbocycles. The topological polar surface area (TPSA) is 35.6 Å². The zero-order chi connectivity index (χ0) is 17.8. The molecule has 4 heteroatoms. The first-order valence-electron chi connectivity index (χ1n) is 9.38. The summed E-state index contributed by atoms with van der Waals surface area (Å²) in [6.45, 7) is 5.91. The number of nitrogens with zero attached hydrogens (tertiary/aromatic N) is 2. The number of carbonyl (C=O) groups excluding carboxylic acids is 1. The number of amides is 1. The van der Waals surface area contributed by atoms with Crippen molar-refractivity contribution >= 4 is 17.7 Å². The Morgan fingerprint density at radius 3 is 2.38 bits per heavy atom. The van der Waals surface area contributed by atoms with Crippen LogP contribution in [0.25, 0.3) is 6.08 Å². The second kappa shape index (κ2) is 7.75. The molecule has 26 heavy (non-hydrogen) atoms. The Labute approximate surface area is 155 Å². The number of para-hydroxylation sites is 1. The van der Waals surface area contributed by atoms with Crippen molar-refractivity contribution in [2.45, 2.75) is 13.0 Å². The molecule has 1 amide bonds. The van der Waals surface area contributed by atoms with E-state index in [0.717, 1.165) is 56.8 Å². The SMILES string of the molecule is O=C1NCC/C1=C\c1ccccc1N1CCN(Cc2ccccc2)CC1. The average molecular weight is 347 g/mol. The third-order valence-corrected chi connectivity index (χ3v) is 5.20. The fourth-order valence-electron chi connectivity index (χ4n) is 3.75. The van der Waals surface area contributed by atoms with Crippen LogP contribution in [0.1, 0.15) is 17.5 Å². The lowest BCUT2D eigenvalue weighted by Crippen LogP contribution is -2.46. The number of benzene rings is 2. The summed E-state index contributed by atoms with van der Waals surface area (Å²) in [6, 6.07) is 19.1. The molecule has 4 rings (SSSR count). The number of nitrogens with one attached hydrogen (secondary N) is 1. The van der Waals surface area contributed by atoms with Gasteiger partial charge >= 0.3 is 0 Å². The summed E-state index contributed by atoms with van der Waals surface area (Å²) in [5, 5.41) is 2.89. The summed E-state index contributed by atoms with van der Waals surface area (Å²) in [4.78, 5) is 16.8. The van der Waals surface area contributed by atoms with Gasteiger partial charge in [0, 0.05) is 50.5 Å². The molecule has 1 N–H and O–H groups in total. The highest BCUT2D eigenvalue weighted by Crippen LogP contribution is 2.26. The van der Waals surface area contributed by atoms with Crippen molar-refractivity contribution in [1.29, 1.82) is 0 Å². The van der Waals surface area contributed by atoms with Gasteiger partial charge in [-0.2, -0.15) is 0 Å². The smallest absolute Gasteiger partial charge is 0.247 e. The van der Waals surface area contributed by atoms with Gasteiger partial charge < -0.3 is 10.2 Å². The first-order chi connectivity index (χ1) is 12.8. The number of hydrogen-bond acceptors (Lipinski definition) is 3. The van der Waals surface area contributed by atoms with Crippen LogP contribution < -0.4 is 10.2 Å². The van der Waals surface area contributed by atoms with Gasteiger partial charge in [-0.1, -0.05) is 48.5 Å². The van der Waals surface area contributed by atoms with Gasteiger partial charge in [-0.05, 0) is 29.7 Å². The minimum absolute atomic E-state index is 0.0764. The Bertz CT molecular complexity index is 792. The van der Waals surface area contributed by atoms with Gasteiger partial charge in [-0.3, -0.25) is 9.69 Å². The fraction of sp³-hybridized carbons (Fsp3) is 0.318. The van der Waals surface area contributed by atoms with Gasteiger partial charge in [0.25, 0.3) is 0 Å². The maximum Gasteiger partial charge on any atom is 0.247 e. The largest absolute Gasteiger partial charge is 0.368 e. The van der Waals surface area contributed by atoms with Crippen molar-refractivity contribution in [1.82, 2.24) is 10.2 Å². The molecule has 0 atom stereocenters. The van der Waals surface area contributed by atoms with Crippen LogP contribution in [0.5, 0.6) is 0 Å². The van der Waals surface area contributed by atoms with E-state index in [9.17, 15) is 4.79 Å². The number of hydrogen-bond donors (Lipinski definition) is 1. The van der Waals surface area contributed by atoms with Crippen molar-refractivity contribution in [3.63, 3.8) is 0 Å². The van der Waals surface area contributed by atoms with Crippen molar-refractivity contribution in [2.75, 3.05) is 37.6 Å². The molecule has 0 saturated carbocycles. The molecule has 0 radical (unpaired) electrons. The van der Waals surface area contributed by atoms with Crippen molar-refractivity contribution in [2.24, 2.45) is 0 Å². The number of piperazine rings is 1. The van der Waals surface area contributed by atoms with E-state index in [0.29, 0.717) is 0 Å². The molecule has 2 saturated heterocycles. The molecule has 2 aromatic rings. The molecular weight excluding hydrogens is 322 g/mol. The zero-order valence-corrected chi connectivity index (χ0v) is 15.0. The van der Waals surface area contributed by atoms with Gasteiger partial charge in [0.05, 0.1) is 0 Å². The lowest BCUT2D eigenvalue weighted by Gasteiger charge is -2.36. The van der Waals surface area contributed by atoms with E-state index < -0.39 is 0 Å². The minimum Gasteiger partial charge on any atom is -0.368 e. The molecule has 2 fully saturated rings. The third kappa shape index (κ3) is 3.81. The second-order valence-corrected chi connectivity index (χ2v) is 6.98. The quantitative estimate of drug-likeness (QED) is 0.864. The predicted molar refractivity (Wildman–Crippen MR) is 106 cm³/mol. The lowest BCUT2D eigenvalue weighted by molar-refractivity contribution is -0.116. The van der Waals surface area contributed by atoms with Crippen molar-refractivity contribution < 1.29 is 4.79 Å². The van der Waals surface area contributed by atoms with Gasteiger partial charge in [-0.15, -0.1) is 0 Å². The summed E-state index contributed by atoms with van der Waals surface area (Å²) in [5.41, 5.74) is 4.65. The minimum atomic E-state index is 0.0764. The van der Waals surface area contributed by atoms with Crippen LogP contribution in [0.2, 0.25) is 0 Å². The normalized spacial score (nSPS) is 19.8. The monoisotopic (exact) mass is 347 g/mol. The summed E-state index contributed by atoms with van der Waals surface area (Å²) >= 11 is 0. The Kier molecular flexibility index (Phi) is 5.02. The van der Waals surface area contributed by atoms with Crippen LogP contribution in [-0.4, -0.2) is 43.5 Å². The van der Waals surface area contributed by atoms with Gasteiger partial charge in [0.1, 0.15) is 0 Å². The molecule has 0 unspecified atom stereocenters. The summed E-state index contributed by atoms with van der Waals surface area (Å²) in [6.07, 6.45) is 2.88. The number of carbonyl (C=O) groups is 1. The molecule has 2 aromatic carbocycles. The molecule has 0 spiro atoms. The van der Waals surface area contributed by atoms with E-state index in [1.165, 1.54) is 11.3 Å². The van der Waals surface area contributed by atoms with E-state index in [-0.39, 0.29) is 5.91 Å². The molecule has 2 aliphatic rings. The molecule has 4 nitrogen and oxygen atoms in total. The molecule has 0 bridgehead atoms. The number of rotatable bonds is 4. The molecule has 2 heterocycles. The van der Waals surface area contributed by atoms with Crippen LogP contribution in [0.3, 0.4) is 0 Å². The Hall–Kier alpha value is -2.59. The highest BCUT2D eigenvalue weighted by Gasteiger charge is 2.20. The third-order valence-electron chi connectivity index (χ3n) is 5.20. The van der Waals surface area contributed by atoms with E-state index in [4.69, 9.17) is 0 Å². The molecule has 134 valence electrons. The summed E-state index contributed by atoms with van der Waals surface area (Å²) in [7, 11) is 0. The van der Waals surface area contributed by atoms with Gasteiger partial charge in [-0.25, -0.2) is 0 Å². The average Bonchev–Trinajstić information content (AvgIpc) is 3.08. The molecular formula is C22H25N3O. The Balaban J connectivity index is 1.44. The van der Waals surface area contributed by atoms with Crippen LogP contribution in [0, 0.1) is 0 Å². The second-order valence-electron chi connectivity index (χ2n) is 6.98. The van der Waals surface area contributed by atoms with E-state index in [1.807, 2.05) is 0 Å². The van der Waals surface area contributed by atoms with Crippen LogP contribution in [0.4, 0.5) is 5.69 Å². The highest BCUT2D eigenvalue weighted by molar-refractivity contribution is 6.00. The molecule has 2 aliphatic heterocycles. The maximum atomic E-state index is 11.9. The van der Waals surface area contributed by atoms with Gasteiger partial charge in [0.15, 0.2) is 0 Å². The first-order valence-corrected chi connectivity index (χ1v) is 9.38. The first kappa shape index (κ1) is 16.9. The lowest BCUT2D eigenvalue weighted by atomic mass is 10.1. The maximum absolute atomic E-state index is 11.9. The van der Waals surface area contributed by atoms with Crippen LogP contribution >= 0.6 is 0 Å². The zero-order valence-electron chi connectivity index (χ0n) is 15.0. The van der Waals surface area contributed by atoms with E-state index in [2.05, 4.69) is 75.8 Å². The Morgan fingerprint density at radius 2 is 1.65 bits per heavy atom. The van der Waals surface area contributed by atoms with Crippen LogP contribution in [0.15, 0.2) is 60.2 Å². The fourth-order valence-corrected chi connectivity index (χ4v) is 3.75. The summed E-state index contributed by atoms with van der Waals surface area (Å²) < 4.78 is 0. The van der Waals surface area contributed by atoms with Crippen LogP contribution in [-0.2, 0) is 11.3 Å².